The van der Waals surface area contributed by atoms with Crippen molar-refractivity contribution in [3.63, 3.8) is 0 Å². The van der Waals surface area contributed by atoms with Crippen LogP contribution in [0.5, 0.6) is 0 Å². The molecule has 0 aliphatic heterocycles. The van der Waals surface area contributed by atoms with E-state index in [-0.39, 0.29) is 0 Å². The van der Waals surface area contributed by atoms with Crippen molar-refractivity contribution in [3.8, 4) is 0 Å². The molecule has 0 radical (unpaired) electrons. The van der Waals surface area contributed by atoms with Crippen LogP contribution in [0.3, 0.4) is 0 Å². The molecule has 0 fully saturated rings. The van der Waals surface area contributed by atoms with Gasteiger partial charge in [0.25, 0.3) is 0 Å². The molecule has 3 rings (SSSR count). The van der Waals surface area contributed by atoms with E-state index in [0.29, 0.717) is 0 Å². The van der Waals surface area contributed by atoms with Gasteiger partial charge in [-0.3, -0.25) is 0 Å². The minimum atomic E-state index is 0.762. The molecule has 58 valence electrons. The maximum absolute atomic E-state index is 5.27. The summed E-state index contributed by atoms with van der Waals surface area (Å²) in [6.07, 6.45) is 4.96. The molecule has 3 heteroatoms. The second-order valence-electron chi connectivity index (χ2n) is 2.59. The lowest BCUT2D eigenvalue weighted by atomic mass is 10.3. The molecule has 0 saturated carbocycles. The van der Waals surface area contributed by atoms with Crippen LogP contribution in [0.1, 0.15) is 0 Å². The molecule has 3 heterocycles. The highest BCUT2D eigenvalue weighted by Gasteiger charge is 2.05. The van der Waals surface area contributed by atoms with Crippen LogP contribution in [0.2, 0.25) is 0 Å². The highest BCUT2D eigenvalue weighted by Crippen LogP contribution is 2.24. The zero-order valence-electron chi connectivity index (χ0n) is 6.15. The third-order valence-corrected chi connectivity index (χ3v) is 1.91. The molecule has 0 bridgehead atoms. The first-order chi connectivity index (χ1) is 5.95. The van der Waals surface area contributed by atoms with Gasteiger partial charge in [-0.05, 0) is 6.07 Å². The van der Waals surface area contributed by atoms with Crippen LogP contribution >= 0.6 is 0 Å². The summed E-state index contributed by atoms with van der Waals surface area (Å²) >= 11 is 0. The minimum absolute atomic E-state index is 0.762. The number of rotatable bonds is 0. The standard InChI is InChI=1S/C9H5NO2/c1-3-11-8-5-10-7-2-4-12-9(7)6(1)8/h1-5H. The summed E-state index contributed by atoms with van der Waals surface area (Å²) in [5.41, 5.74) is 2.42. The summed E-state index contributed by atoms with van der Waals surface area (Å²) in [6.45, 7) is 0. The van der Waals surface area contributed by atoms with Crippen molar-refractivity contribution in [2.75, 3.05) is 0 Å². The summed E-state index contributed by atoms with van der Waals surface area (Å²) in [6, 6.07) is 3.71. The van der Waals surface area contributed by atoms with Gasteiger partial charge in [0.2, 0.25) is 0 Å². The molecule has 0 unspecified atom stereocenters. The average Bonchev–Trinajstić information content (AvgIpc) is 2.71. The van der Waals surface area contributed by atoms with Crippen LogP contribution in [0.15, 0.2) is 39.7 Å². The Morgan fingerprint density at radius 3 is 3.00 bits per heavy atom. The van der Waals surface area contributed by atoms with Crippen LogP contribution in [0.25, 0.3) is 22.1 Å². The van der Waals surface area contributed by atoms with E-state index in [1.54, 1.807) is 18.7 Å². The highest BCUT2D eigenvalue weighted by atomic mass is 16.3. The van der Waals surface area contributed by atoms with Crippen LogP contribution in [0, 0.1) is 0 Å². The monoisotopic (exact) mass is 159 g/mol. The molecule has 0 aromatic carbocycles. The van der Waals surface area contributed by atoms with Gasteiger partial charge < -0.3 is 8.83 Å². The number of furan rings is 2. The largest absolute Gasteiger partial charge is 0.463 e. The molecule has 0 atom stereocenters. The second kappa shape index (κ2) is 1.88. The second-order valence-corrected chi connectivity index (χ2v) is 2.59. The molecule has 3 nitrogen and oxygen atoms in total. The van der Waals surface area contributed by atoms with Gasteiger partial charge in [0, 0.05) is 6.07 Å². The number of pyridine rings is 1. The molecule has 3 aromatic rings. The van der Waals surface area contributed by atoms with Crippen molar-refractivity contribution in [2.45, 2.75) is 0 Å². The quantitative estimate of drug-likeness (QED) is 0.506. The smallest absolute Gasteiger partial charge is 0.163 e. The van der Waals surface area contributed by atoms with Crippen molar-refractivity contribution in [3.05, 3.63) is 30.9 Å². The molecule has 0 aliphatic rings. The summed E-state index contributed by atoms with van der Waals surface area (Å²) in [7, 11) is 0. The van der Waals surface area contributed by atoms with Crippen molar-refractivity contribution in [2.24, 2.45) is 0 Å². The fourth-order valence-electron chi connectivity index (χ4n) is 1.34. The normalized spacial score (nSPS) is 11.3. The molecular weight excluding hydrogens is 154 g/mol. The Morgan fingerprint density at radius 2 is 2.00 bits per heavy atom. The number of aromatic nitrogens is 1. The fraction of sp³-hybridized carbons (Fsp3) is 0. The van der Waals surface area contributed by atoms with Gasteiger partial charge in [0.05, 0.1) is 24.1 Å². The third kappa shape index (κ3) is 0.580. The van der Waals surface area contributed by atoms with E-state index in [9.17, 15) is 0 Å². The number of nitrogens with zero attached hydrogens (tertiary/aromatic N) is 1. The molecule has 3 aromatic heterocycles. The number of fused-ring (bicyclic) bond motifs is 3. The van der Waals surface area contributed by atoms with E-state index >= 15 is 0 Å². The summed E-state index contributed by atoms with van der Waals surface area (Å²) in [5, 5.41) is 0.977. The summed E-state index contributed by atoms with van der Waals surface area (Å²) in [4.78, 5) is 4.15. The van der Waals surface area contributed by atoms with E-state index in [1.165, 1.54) is 0 Å². The Labute approximate surface area is 67.6 Å². The van der Waals surface area contributed by atoms with Crippen LogP contribution in [0.4, 0.5) is 0 Å². The van der Waals surface area contributed by atoms with E-state index in [2.05, 4.69) is 4.98 Å². The minimum Gasteiger partial charge on any atom is -0.463 e. The zero-order valence-corrected chi connectivity index (χ0v) is 6.15. The van der Waals surface area contributed by atoms with Crippen LogP contribution in [-0.4, -0.2) is 4.98 Å². The Balaban J connectivity index is 2.71. The molecular formula is C9H5NO2. The van der Waals surface area contributed by atoms with Crippen molar-refractivity contribution in [1.82, 2.24) is 4.98 Å². The molecule has 0 N–H and O–H groups in total. The van der Waals surface area contributed by atoms with Gasteiger partial charge in [-0.1, -0.05) is 0 Å². The summed E-state index contributed by atoms with van der Waals surface area (Å²) in [5.74, 6) is 0. The lowest BCUT2D eigenvalue weighted by molar-refractivity contribution is 0.610. The Bertz CT molecular complexity index is 486. The van der Waals surface area contributed by atoms with Crippen LogP contribution < -0.4 is 0 Å². The van der Waals surface area contributed by atoms with E-state index in [1.807, 2.05) is 12.1 Å². The average molecular weight is 159 g/mol. The van der Waals surface area contributed by atoms with E-state index in [4.69, 9.17) is 8.83 Å². The van der Waals surface area contributed by atoms with Crippen molar-refractivity contribution >= 4 is 22.1 Å². The van der Waals surface area contributed by atoms with Gasteiger partial charge in [0.15, 0.2) is 11.2 Å². The number of hydrogen-bond donors (Lipinski definition) is 0. The lowest BCUT2D eigenvalue weighted by Gasteiger charge is -1.87. The molecule has 0 saturated heterocycles. The van der Waals surface area contributed by atoms with E-state index < -0.39 is 0 Å². The molecule has 0 spiro atoms. The Hall–Kier alpha value is -1.77. The zero-order chi connectivity index (χ0) is 7.97. The highest BCUT2D eigenvalue weighted by molar-refractivity contribution is 5.99. The Morgan fingerprint density at radius 1 is 1.08 bits per heavy atom. The first-order valence-electron chi connectivity index (χ1n) is 3.64. The fourth-order valence-corrected chi connectivity index (χ4v) is 1.34. The van der Waals surface area contributed by atoms with Gasteiger partial charge in [-0.15, -0.1) is 0 Å². The van der Waals surface area contributed by atoms with Gasteiger partial charge in [0.1, 0.15) is 5.52 Å². The van der Waals surface area contributed by atoms with Crippen molar-refractivity contribution < 1.29 is 8.83 Å². The predicted octanol–water partition coefficient (Wildman–Crippen LogP) is 2.57. The van der Waals surface area contributed by atoms with Gasteiger partial charge >= 0.3 is 0 Å². The topological polar surface area (TPSA) is 39.2 Å². The Kier molecular flexibility index (Phi) is 0.913. The lowest BCUT2D eigenvalue weighted by Crippen LogP contribution is -1.71. The maximum atomic E-state index is 5.27. The summed E-state index contributed by atoms with van der Waals surface area (Å²) < 4.78 is 10.4. The first kappa shape index (κ1) is 5.83. The maximum Gasteiger partial charge on any atom is 0.163 e. The van der Waals surface area contributed by atoms with Crippen LogP contribution in [-0.2, 0) is 0 Å². The van der Waals surface area contributed by atoms with Crippen molar-refractivity contribution in [1.29, 1.82) is 0 Å². The van der Waals surface area contributed by atoms with E-state index in [0.717, 1.165) is 22.1 Å². The SMILES string of the molecule is c1cc2c(cnc3ccoc32)o1. The first-order valence-corrected chi connectivity index (χ1v) is 3.64. The van der Waals surface area contributed by atoms with Gasteiger partial charge in [-0.25, -0.2) is 4.98 Å². The molecule has 0 amide bonds. The molecule has 0 aliphatic carbocycles. The van der Waals surface area contributed by atoms with Gasteiger partial charge in [-0.2, -0.15) is 0 Å². The third-order valence-electron chi connectivity index (χ3n) is 1.91. The molecule has 12 heavy (non-hydrogen) atoms. The predicted molar refractivity (Wildman–Crippen MR) is 43.8 cm³/mol. The number of hydrogen-bond acceptors (Lipinski definition) is 3.